The number of hydrogen-bond acceptors (Lipinski definition) is 5. The van der Waals surface area contributed by atoms with Gasteiger partial charge in [0, 0.05) is 43.0 Å². The third kappa shape index (κ3) is 8.69. The zero-order valence-electron chi connectivity index (χ0n) is 21.3. The van der Waals surface area contributed by atoms with Crippen molar-refractivity contribution >= 4 is 29.3 Å². The van der Waals surface area contributed by atoms with E-state index in [-0.39, 0.29) is 29.8 Å². The van der Waals surface area contributed by atoms with Crippen molar-refractivity contribution in [2.75, 3.05) is 12.3 Å². The molecule has 0 aliphatic carbocycles. The molecule has 0 aliphatic heterocycles. The van der Waals surface area contributed by atoms with Crippen LogP contribution < -0.4 is 5.32 Å². The minimum absolute atomic E-state index is 0.00345. The first-order chi connectivity index (χ1) is 18.4. The minimum Gasteiger partial charge on any atom is -0.354 e. The number of rotatable bonds is 14. The topological polar surface area (TPSA) is 92.6 Å². The molecular formula is C29H32FN3O4S. The first-order valence-electron chi connectivity index (χ1n) is 12.5. The molecule has 0 bridgehead atoms. The van der Waals surface area contributed by atoms with Gasteiger partial charge in [-0.1, -0.05) is 74.0 Å². The Kier molecular flexibility index (Phi) is 11.3. The van der Waals surface area contributed by atoms with Crippen molar-refractivity contribution < 1.29 is 18.9 Å². The van der Waals surface area contributed by atoms with Gasteiger partial charge in [0.2, 0.25) is 11.8 Å². The second-order valence-electron chi connectivity index (χ2n) is 8.88. The molecule has 9 heteroatoms. The Balaban J connectivity index is 1.81. The van der Waals surface area contributed by atoms with E-state index in [2.05, 4.69) is 5.32 Å². The van der Waals surface area contributed by atoms with Crippen LogP contribution >= 0.6 is 11.8 Å². The molecule has 1 N–H and O–H groups in total. The number of carbonyl (C=O) groups is 2. The summed E-state index contributed by atoms with van der Waals surface area (Å²) in [5.74, 6) is -0.463. The SMILES string of the molecule is CCCCNC(=O)[C@@H](Cc1ccccc1)N(Cc1ccccc1F)C(=O)CSCc1ccc([N+](=O)[O-])cc1. The number of nitrogens with zero attached hydrogens (tertiary/aromatic N) is 2. The Morgan fingerprint density at radius 3 is 2.34 bits per heavy atom. The van der Waals surface area contributed by atoms with E-state index in [1.54, 1.807) is 30.3 Å². The summed E-state index contributed by atoms with van der Waals surface area (Å²) in [7, 11) is 0. The number of nitro benzene ring substituents is 1. The lowest BCUT2D eigenvalue weighted by atomic mass is 10.0. The molecule has 7 nitrogen and oxygen atoms in total. The van der Waals surface area contributed by atoms with Gasteiger partial charge in [0.15, 0.2) is 0 Å². The zero-order chi connectivity index (χ0) is 27.3. The maximum absolute atomic E-state index is 14.6. The second kappa shape index (κ2) is 14.9. The van der Waals surface area contributed by atoms with Gasteiger partial charge in [0.1, 0.15) is 11.9 Å². The molecule has 200 valence electrons. The Morgan fingerprint density at radius 1 is 1.00 bits per heavy atom. The summed E-state index contributed by atoms with van der Waals surface area (Å²) in [5, 5.41) is 13.8. The normalized spacial score (nSPS) is 11.5. The lowest BCUT2D eigenvalue weighted by Gasteiger charge is -2.31. The summed E-state index contributed by atoms with van der Waals surface area (Å²) < 4.78 is 14.6. The molecule has 0 saturated carbocycles. The van der Waals surface area contributed by atoms with Crippen molar-refractivity contribution in [1.29, 1.82) is 0 Å². The average molecular weight is 538 g/mol. The molecule has 2 amide bonds. The predicted molar refractivity (Wildman–Crippen MR) is 148 cm³/mol. The highest BCUT2D eigenvalue weighted by Crippen LogP contribution is 2.21. The van der Waals surface area contributed by atoms with Gasteiger partial charge >= 0.3 is 0 Å². The van der Waals surface area contributed by atoms with E-state index in [0.717, 1.165) is 24.0 Å². The number of unbranched alkanes of at least 4 members (excludes halogenated alkanes) is 1. The molecule has 38 heavy (non-hydrogen) atoms. The van der Waals surface area contributed by atoms with Crippen molar-refractivity contribution in [1.82, 2.24) is 10.2 Å². The highest BCUT2D eigenvalue weighted by molar-refractivity contribution is 7.99. The number of nitro groups is 1. The van der Waals surface area contributed by atoms with Crippen molar-refractivity contribution in [2.45, 2.75) is 44.5 Å². The van der Waals surface area contributed by atoms with E-state index in [1.165, 1.54) is 34.9 Å². The molecule has 3 aromatic rings. The molecule has 3 rings (SSSR count). The number of carbonyl (C=O) groups excluding carboxylic acids is 2. The molecule has 0 unspecified atom stereocenters. The van der Waals surface area contributed by atoms with Gasteiger partial charge in [-0.15, -0.1) is 11.8 Å². The highest BCUT2D eigenvalue weighted by Gasteiger charge is 2.30. The van der Waals surface area contributed by atoms with Crippen LogP contribution in [0.15, 0.2) is 78.9 Å². The monoisotopic (exact) mass is 537 g/mol. The molecule has 0 aliphatic rings. The first-order valence-corrected chi connectivity index (χ1v) is 13.7. The molecule has 0 saturated heterocycles. The predicted octanol–water partition coefficient (Wildman–Crippen LogP) is 5.52. The van der Waals surface area contributed by atoms with Crippen LogP contribution in [0.1, 0.15) is 36.5 Å². The largest absolute Gasteiger partial charge is 0.354 e. The Hall–Kier alpha value is -3.72. The molecule has 1 atom stereocenters. The summed E-state index contributed by atoms with van der Waals surface area (Å²) in [6.45, 7) is 2.49. The Labute approximate surface area is 226 Å². The summed E-state index contributed by atoms with van der Waals surface area (Å²) in [6.07, 6.45) is 2.03. The third-order valence-electron chi connectivity index (χ3n) is 6.04. The number of amides is 2. The van der Waals surface area contributed by atoms with Crippen LogP contribution in [0.2, 0.25) is 0 Å². The summed E-state index contributed by atoms with van der Waals surface area (Å²) >= 11 is 1.34. The fourth-order valence-corrected chi connectivity index (χ4v) is 4.79. The van der Waals surface area contributed by atoms with Gasteiger partial charge in [-0.3, -0.25) is 19.7 Å². The molecule has 0 aromatic heterocycles. The maximum atomic E-state index is 14.6. The number of halogens is 1. The third-order valence-corrected chi connectivity index (χ3v) is 7.03. The van der Waals surface area contributed by atoms with Crippen LogP contribution in [0.5, 0.6) is 0 Å². The number of non-ortho nitro benzene ring substituents is 1. The number of thioether (sulfide) groups is 1. The van der Waals surface area contributed by atoms with E-state index >= 15 is 0 Å². The van der Waals surface area contributed by atoms with E-state index in [0.29, 0.717) is 24.3 Å². The molecule has 0 radical (unpaired) electrons. The average Bonchev–Trinajstić information content (AvgIpc) is 2.92. The fraction of sp³-hybridized carbons (Fsp3) is 0.310. The minimum atomic E-state index is -0.818. The van der Waals surface area contributed by atoms with Crippen LogP contribution in [0.4, 0.5) is 10.1 Å². The van der Waals surface area contributed by atoms with Crippen molar-refractivity contribution in [2.24, 2.45) is 0 Å². The number of nitrogens with one attached hydrogen (secondary N) is 1. The van der Waals surface area contributed by atoms with E-state index in [9.17, 15) is 24.1 Å². The highest BCUT2D eigenvalue weighted by atomic mass is 32.2. The molecule has 0 heterocycles. The van der Waals surface area contributed by atoms with Gasteiger partial charge in [-0.25, -0.2) is 4.39 Å². The summed E-state index contributed by atoms with van der Waals surface area (Å²) in [6, 6.07) is 21.1. The van der Waals surface area contributed by atoms with Crippen molar-refractivity contribution in [3.8, 4) is 0 Å². The van der Waals surface area contributed by atoms with Crippen LogP contribution in [-0.4, -0.2) is 40.0 Å². The van der Waals surface area contributed by atoms with Crippen LogP contribution in [0.3, 0.4) is 0 Å². The number of benzene rings is 3. The fourth-order valence-electron chi connectivity index (χ4n) is 3.92. The zero-order valence-corrected chi connectivity index (χ0v) is 22.2. The van der Waals surface area contributed by atoms with Gasteiger partial charge in [-0.2, -0.15) is 0 Å². The summed E-state index contributed by atoms with van der Waals surface area (Å²) in [4.78, 5) is 38.8. The van der Waals surface area contributed by atoms with E-state index < -0.39 is 16.8 Å². The van der Waals surface area contributed by atoms with E-state index in [4.69, 9.17) is 0 Å². The van der Waals surface area contributed by atoms with Crippen molar-refractivity contribution in [3.05, 3.63) is 111 Å². The maximum Gasteiger partial charge on any atom is 0.269 e. The lowest BCUT2D eigenvalue weighted by molar-refractivity contribution is -0.384. The van der Waals surface area contributed by atoms with Gasteiger partial charge in [0.25, 0.3) is 5.69 Å². The standard InChI is InChI=1S/C29H32FN3O4S/c1-2-3-17-31-29(35)27(18-22-9-5-4-6-10-22)32(19-24-11-7-8-12-26(24)30)28(34)21-38-20-23-13-15-25(16-14-23)33(36)37/h4-16,27H,2-3,17-21H2,1H3,(H,31,35)/t27-/m1/s1. The first kappa shape index (κ1) is 28.8. The Bertz CT molecular complexity index is 1210. The van der Waals surface area contributed by atoms with Gasteiger partial charge in [0.05, 0.1) is 10.7 Å². The Morgan fingerprint density at radius 2 is 1.68 bits per heavy atom. The van der Waals surface area contributed by atoms with Crippen LogP contribution in [0, 0.1) is 15.9 Å². The lowest BCUT2D eigenvalue weighted by Crippen LogP contribution is -2.51. The van der Waals surface area contributed by atoms with E-state index in [1.807, 2.05) is 37.3 Å². The molecule has 3 aromatic carbocycles. The van der Waals surface area contributed by atoms with Crippen molar-refractivity contribution in [3.63, 3.8) is 0 Å². The molecule has 0 fully saturated rings. The van der Waals surface area contributed by atoms with Crippen LogP contribution in [0.25, 0.3) is 0 Å². The molecule has 0 spiro atoms. The van der Waals surface area contributed by atoms with Gasteiger partial charge in [-0.05, 0) is 23.6 Å². The molecular weight excluding hydrogens is 505 g/mol. The second-order valence-corrected chi connectivity index (χ2v) is 9.87. The summed E-state index contributed by atoms with van der Waals surface area (Å²) in [5.41, 5.74) is 2.07. The quantitative estimate of drug-likeness (QED) is 0.166. The smallest absolute Gasteiger partial charge is 0.269 e. The van der Waals surface area contributed by atoms with Crippen LogP contribution in [-0.2, 0) is 28.3 Å². The van der Waals surface area contributed by atoms with Gasteiger partial charge < -0.3 is 10.2 Å². The number of hydrogen-bond donors (Lipinski definition) is 1.